The van der Waals surface area contributed by atoms with Gasteiger partial charge in [-0.25, -0.2) is 0 Å². The minimum absolute atomic E-state index is 0.162. The molecule has 2 heterocycles. The van der Waals surface area contributed by atoms with Crippen molar-refractivity contribution in [2.45, 2.75) is 88.6 Å². The topological polar surface area (TPSA) is 34.3 Å². The number of unbranched alkanes of at least 4 members (excludes halogenated alkanes) is 4. The van der Waals surface area contributed by atoms with Gasteiger partial charge in [0.15, 0.2) is 0 Å². The number of hydrogen-bond acceptors (Lipinski definition) is 3. The summed E-state index contributed by atoms with van der Waals surface area (Å²) in [6.45, 7) is 9.82. The first-order valence-corrected chi connectivity index (χ1v) is 9.45. The smallest absolute Gasteiger partial charge is 0.0810 e. The highest BCUT2D eigenvalue weighted by molar-refractivity contribution is 4.86. The number of epoxide rings is 2. The fourth-order valence-corrected chi connectivity index (χ4v) is 2.97. The maximum Gasteiger partial charge on any atom is 0.0810 e. The van der Waals surface area contributed by atoms with E-state index in [1.165, 1.54) is 51.4 Å². The highest BCUT2D eigenvalue weighted by Crippen LogP contribution is 2.20. The molecule has 132 valence electrons. The van der Waals surface area contributed by atoms with Gasteiger partial charge in [0.1, 0.15) is 0 Å². The normalized spacial score (nSPS) is 24.9. The molecule has 0 N–H and O–H groups in total. The Labute approximate surface area is 142 Å². The molecule has 0 saturated carbocycles. The maximum atomic E-state index is 6.14. The Bertz CT molecular complexity index is 302. The zero-order valence-corrected chi connectivity index (χ0v) is 14.6. The minimum Gasteiger partial charge on any atom is -0.373 e. The van der Waals surface area contributed by atoms with Crippen LogP contribution in [0.15, 0.2) is 25.3 Å². The molecule has 3 heteroatoms. The van der Waals surface area contributed by atoms with Crippen molar-refractivity contribution < 1.29 is 14.2 Å². The predicted octanol–water partition coefficient (Wildman–Crippen LogP) is 4.81. The average molecular weight is 322 g/mol. The second kappa shape index (κ2) is 11.0. The molecule has 4 atom stereocenters. The van der Waals surface area contributed by atoms with E-state index in [1.54, 1.807) is 0 Å². The zero-order chi connectivity index (χ0) is 16.3. The third-order valence-corrected chi connectivity index (χ3v) is 4.71. The van der Waals surface area contributed by atoms with Gasteiger partial charge in [-0.1, -0.05) is 50.7 Å². The molecule has 2 rings (SSSR count). The summed E-state index contributed by atoms with van der Waals surface area (Å²) in [5.41, 5.74) is 0. The van der Waals surface area contributed by atoms with Crippen molar-refractivity contribution in [3.63, 3.8) is 0 Å². The predicted molar refractivity (Wildman–Crippen MR) is 94.7 cm³/mol. The standard InChI is InChI=1S/C20H34O3/c1-3-17(11-7-5-9-13-19-15-21-19)23-18(4-2)12-8-6-10-14-20-16-22-20/h3-4,17-20H,1-2,5-16H2. The highest BCUT2D eigenvalue weighted by Gasteiger charge is 2.21. The van der Waals surface area contributed by atoms with Gasteiger partial charge in [0.25, 0.3) is 0 Å². The van der Waals surface area contributed by atoms with Crippen LogP contribution in [0.5, 0.6) is 0 Å². The fourth-order valence-electron chi connectivity index (χ4n) is 2.97. The summed E-state index contributed by atoms with van der Waals surface area (Å²) in [5, 5.41) is 0. The van der Waals surface area contributed by atoms with Crippen molar-refractivity contribution in [3.05, 3.63) is 25.3 Å². The summed E-state index contributed by atoms with van der Waals surface area (Å²) in [6, 6.07) is 0. The Balaban J connectivity index is 1.48. The summed E-state index contributed by atoms with van der Waals surface area (Å²) in [6.07, 6.45) is 17.4. The lowest BCUT2D eigenvalue weighted by Gasteiger charge is -2.20. The van der Waals surface area contributed by atoms with Gasteiger partial charge in [-0.2, -0.15) is 0 Å². The quantitative estimate of drug-likeness (QED) is 0.232. The summed E-state index contributed by atoms with van der Waals surface area (Å²) in [4.78, 5) is 0. The van der Waals surface area contributed by atoms with Crippen LogP contribution in [0.2, 0.25) is 0 Å². The Morgan fingerprint density at radius 3 is 1.57 bits per heavy atom. The van der Waals surface area contributed by atoms with Crippen LogP contribution in [0.25, 0.3) is 0 Å². The Hall–Kier alpha value is -0.640. The van der Waals surface area contributed by atoms with Crippen LogP contribution in [-0.2, 0) is 14.2 Å². The van der Waals surface area contributed by atoms with Crippen LogP contribution >= 0.6 is 0 Å². The van der Waals surface area contributed by atoms with Crippen LogP contribution in [0.4, 0.5) is 0 Å². The average Bonchev–Trinajstić information content (AvgIpc) is 3.46. The van der Waals surface area contributed by atoms with Crippen LogP contribution in [0, 0.1) is 0 Å². The molecular formula is C20H34O3. The SMILES string of the molecule is C=CC(CCCCCC1CO1)OC(C=C)CCCCCC1CO1. The maximum absolute atomic E-state index is 6.14. The Morgan fingerprint density at radius 2 is 1.22 bits per heavy atom. The molecule has 2 fully saturated rings. The van der Waals surface area contributed by atoms with E-state index in [0.717, 1.165) is 26.1 Å². The van der Waals surface area contributed by atoms with E-state index in [4.69, 9.17) is 14.2 Å². The zero-order valence-electron chi connectivity index (χ0n) is 14.6. The van der Waals surface area contributed by atoms with E-state index in [2.05, 4.69) is 13.2 Å². The van der Waals surface area contributed by atoms with Crippen molar-refractivity contribution in [2.75, 3.05) is 13.2 Å². The third-order valence-electron chi connectivity index (χ3n) is 4.71. The molecule has 0 spiro atoms. The van der Waals surface area contributed by atoms with E-state index in [0.29, 0.717) is 12.2 Å². The molecule has 0 aromatic heterocycles. The Morgan fingerprint density at radius 1 is 0.783 bits per heavy atom. The van der Waals surface area contributed by atoms with Gasteiger partial charge in [-0.05, 0) is 25.7 Å². The molecule has 0 aromatic rings. The lowest BCUT2D eigenvalue weighted by Crippen LogP contribution is -2.19. The van der Waals surface area contributed by atoms with Gasteiger partial charge >= 0.3 is 0 Å². The largest absolute Gasteiger partial charge is 0.373 e. The van der Waals surface area contributed by atoms with Gasteiger partial charge in [0, 0.05) is 0 Å². The summed E-state index contributed by atoms with van der Waals surface area (Å²) >= 11 is 0. The van der Waals surface area contributed by atoms with Crippen molar-refractivity contribution in [1.29, 1.82) is 0 Å². The monoisotopic (exact) mass is 322 g/mol. The third kappa shape index (κ3) is 9.29. The van der Waals surface area contributed by atoms with E-state index in [1.807, 2.05) is 12.2 Å². The van der Waals surface area contributed by atoms with Gasteiger partial charge < -0.3 is 14.2 Å². The van der Waals surface area contributed by atoms with Crippen LogP contribution < -0.4 is 0 Å². The first kappa shape index (κ1) is 18.7. The van der Waals surface area contributed by atoms with Gasteiger partial charge in [-0.3, -0.25) is 0 Å². The molecule has 4 unspecified atom stereocenters. The first-order chi connectivity index (χ1) is 11.3. The van der Waals surface area contributed by atoms with Crippen LogP contribution in [-0.4, -0.2) is 37.6 Å². The van der Waals surface area contributed by atoms with Gasteiger partial charge in [0.2, 0.25) is 0 Å². The molecule has 0 radical (unpaired) electrons. The molecule has 0 aliphatic carbocycles. The second-order valence-corrected chi connectivity index (χ2v) is 6.87. The van der Waals surface area contributed by atoms with Gasteiger partial charge in [0.05, 0.1) is 37.6 Å². The van der Waals surface area contributed by atoms with Crippen molar-refractivity contribution in [3.8, 4) is 0 Å². The molecule has 0 bridgehead atoms. The molecule has 2 aliphatic rings. The van der Waals surface area contributed by atoms with E-state index < -0.39 is 0 Å². The second-order valence-electron chi connectivity index (χ2n) is 6.87. The number of ether oxygens (including phenoxy) is 3. The number of hydrogen-bond donors (Lipinski definition) is 0. The van der Waals surface area contributed by atoms with Crippen LogP contribution in [0.1, 0.15) is 64.2 Å². The lowest BCUT2D eigenvalue weighted by molar-refractivity contribution is 0.0299. The van der Waals surface area contributed by atoms with Crippen LogP contribution in [0.3, 0.4) is 0 Å². The minimum atomic E-state index is 0.162. The van der Waals surface area contributed by atoms with E-state index in [-0.39, 0.29) is 12.2 Å². The molecule has 23 heavy (non-hydrogen) atoms. The highest BCUT2D eigenvalue weighted by atomic mass is 16.6. The molecular weight excluding hydrogens is 288 g/mol. The first-order valence-electron chi connectivity index (χ1n) is 9.45. The molecule has 0 amide bonds. The molecule has 0 aromatic carbocycles. The van der Waals surface area contributed by atoms with E-state index >= 15 is 0 Å². The fraction of sp³-hybridized carbons (Fsp3) is 0.800. The van der Waals surface area contributed by atoms with E-state index in [9.17, 15) is 0 Å². The summed E-state index contributed by atoms with van der Waals surface area (Å²) in [7, 11) is 0. The van der Waals surface area contributed by atoms with Crippen molar-refractivity contribution in [1.82, 2.24) is 0 Å². The molecule has 2 aliphatic heterocycles. The lowest BCUT2D eigenvalue weighted by atomic mass is 10.1. The van der Waals surface area contributed by atoms with Crippen molar-refractivity contribution in [2.24, 2.45) is 0 Å². The Kier molecular flexibility index (Phi) is 8.95. The molecule has 3 nitrogen and oxygen atoms in total. The summed E-state index contributed by atoms with van der Waals surface area (Å²) < 4.78 is 16.6. The van der Waals surface area contributed by atoms with Gasteiger partial charge in [-0.15, -0.1) is 13.2 Å². The van der Waals surface area contributed by atoms with Crippen molar-refractivity contribution >= 4 is 0 Å². The number of rotatable bonds is 16. The summed E-state index contributed by atoms with van der Waals surface area (Å²) in [5.74, 6) is 0. The molecule has 2 saturated heterocycles.